The standard InChI is InChI=1S/C19H21F2N3O3/c1-12-11-23(5-6-24(12)16-9-14(20)8-15(21)10-16)19(26)4-3-18(25)17-7-13(2)27-22-17/h7-10,12H,3-6,11H2,1-2H3/t12-/m0/s1. The van der Waals surface area contributed by atoms with Crippen molar-refractivity contribution in [2.45, 2.75) is 32.7 Å². The predicted molar refractivity (Wildman–Crippen MR) is 94.6 cm³/mol. The highest BCUT2D eigenvalue weighted by atomic mass is 19.1. The molecule has 1 atom stereocenters. The summed E-state index contributed by atoms with van der Waals surface area (Å²) in [5, 5.41) is 3.66. The molecule has 144 valence electrons. The zero-order valence-corrected chi connectivity index (χ0v) is 15.2. The van der Waals surface area contributed by atoms with Crippen LogP contribution >= 0.6 is 0 Å². The summed E-state index contributed by atoms with van der Waals surface area (Å²) in [6.07, 6.45) is 0.153. The number of nitrogens with zero attached hydrogens (tertiary/aromatic N) is 3. The molecule has 1 aromatic carbocycles. The Hall–Kier alpha value is -2.77. The summed E-state index contributed by atoms with van der Waals surface area (Å²) < 4.78 is 31.8. The number of ketones is 1. The first-order valence-corrected chi connectivity index (χ1v) is 8.80. The van der Waals surface area contributed by atoms with Gasteiger partial charge in [0, 0.05) is 56.3 Å². The van der Waals surface area contributed by atoms with E-state index in [1.165, 1.54) is 12.1 Å². The molecule has 0 spiro atoms. The van der Waals surface area contributed by atoms with Crippen molar-refractivity contribution >= 4 is 17.4 Å². The van der Waals surface area contributed by atoms with Crippen LogP contribution < -0.4 is 4.90 Å². The molecule has 1 aromatic heterocycles. The predicted octanol–water partition coefficient (Wildman–Crippen LogP) is 2.96. The highest BCUT2D eigenvalue weighted by Gasteiger charge is 2.27. The lowest BCUT2D eigenvalue weighted by atomic mass is 10.1. The number of aromatic nitrogens is 1. The number of anilines is 1. The number of hydrogen-bond donors (Lipinski definition) is 0. The highest BCUT2D eigenvalue weighted by Crippen LogP contribution is 2.23. The Balaban J connectivity index is 1.55. The summed E-state index contributed by atoms with van der Waals surface area (Å²) in [5.41, 5.74) is 0.690. The quantitative estimate of drug-likeness (QED) is 0.750. The summed E-state index contributed by atoms with van der Waals surface area (Å²) in [7, 11) is 0. The van der Waals surface area contributed by atoms with Gasteiger partial charge in [0.15, 0.2) is 5.78 Å². The summed E-state index contributed by atoms with van der Waals surface area (Å²) in [6.45, 7) is 4.91. The topological polar surface area (TPSA) is 66.7 Å². The number of carbonyl (C=O) groups excluding carboxylic acids is 2. The number of piperazine rings is 1. The number of amides is 1. The molecule has 8 heteroatoms. The maximum Gasteiger partial charge on any atom is 0.223 e. The van der Waals surface area contributed by atoms with Gasteiger partial charge in [-0.3, -0.25) is 9.59 Å². The lowest BCUT2D eigenvalue weighted by Gasteiger charge is -2.41. The molecule has 1 amide bonds. The largest absolute Gasteiger partial charge is 0.365 e. The monoisotopic (exact) mass is 377 g/mol. The molecule has 2 heterocycles. The molecule has 0 saturated carbocycles. The Morgan fingerprint density at radius 1 is 1.15 bits per heavy atom. The molecule has 1 aliphatic heterocycles. The third-order valence-corrected chi connectivity index (χ3v) is 4.64. The number of halogens is 2. The van der Waals surface area contributed by atoms with Gasteiger partial charge >= 0.3 is 0 Å². The Morgan fingerprint density at radius 2 is 1.85 bits per heavy atom. The average molecular weight is 377 g/mol. The molecule has 1 fully saturated rings. The molecular weight excluding hydrogens is 356 g/mol. The first-order chi connectivity index (χ1) is 12.8. The average Bonchev–Trinajstić information content (AvgIpc) is 3.05. The summed E-state index contributed by atoms with van der Waals surface area (Å²) in [4.78, 5) is 28.0. The maximum atomic E-state index is 13.5. The van der Waals surface area contributed by atoms with Gasteiger partial charge in [-0.05, 0) is 26.0 Å². The lowest BCUT2D eigenvalue weighted by Crippen LogP contribution is -2.53. The van der Waals surface area contributed by atoms with Crippen LogP contribution in [-0.4, -0.2) is 47.4 Å². The van der Waals surface area contributed by atoms with Crippen molar-refractivity contribution in [1.82, 2.24) is 10.1 Å². The molecule has 0 bridgehead atoms. The van der Waals surface area contributed by atoms with E-state index in [9.17, 15) is 18.4 Å². The summed E-state index contributed by atoms with van der Waals surface area (Å²) >= 11 is 0. The molecule has 0 unspecified atom stereocenters. The van der Waals surface area contributed by atoms with Gasteiger partial charge in [0.25, 0.3) is 0 Å². The van der Waals surface area contributed by atoms with Crippen LogP contribution in [0.25, 0.3) is 0 Å². The van der Waals surface area contributed by atoms with Crippen LogP contribution in [0, 0.1) is 18.6 Å². The second-order valence-corrected chi connectivity index (χ2v) is 6.76. The van der Waals surface area contributed by atoms with Crippen molar-refractivity contribution in [3.05, 3.63) is 47.4 Å². The van der Waals surface area contributed by atoms with Crippen molar-refractivity contribution in [1.29, 1.82) is 0 Å². The van der Waals surface area contributed by atoms with Crippen molar-refractivity contribution in [2.75, 3.05) is 24.5 Å². The summed E-state index contributed by atoms with van der Waals surface area (Å²) in [5.74, 6) is -1.07. The van der Waals surface area contributed by atoms with E-state index in [0.29, 0.717) is 31.1 Å². The molecule has 27 heavy (non-hydrogen) atoms. The minimum atomic E-state index is -0.627. The van der Waals surface area contributed by atoms with Crippen LogP contribution in [0.15, 0.2) is 28.8 Å². The minimum Gasteiger partial charge on any atom is -0.365 e. The number of aryl methyl sites for hydroxylation is 1. The van der Waals surface area contributed by atoms with E-state index in [1.807, 2.05) is 11.8 Å². The SMILES string of the molecule is Cc1cc(C(=O)CCC(=O)N2CCN(c3cc(F)cc(F)c3)[C@@H](C)C2)no1. The smallest absolute Gasteiger partial charge is 0.223 e. The molecule has 3 rings (SSSR count). The van der Waals surface area contributed by atoms with Gasteiger partial charge in [0.05, 0.1) is 0 Å². The van der Waals surface area contributed by atoms with Crippen LogP contribution in [0.5, 0.6) is 0 Å². The second-order valence-electron chi connectivity index (χ2n) is 6.76. The van der Waals surface area contributed by atoms with E-state index in [-0.39, 0.29) is 36.3 Å². The van der Waals surface area contributed by atoms with Gasteiger partial charge in [-0.2, -0.15) is 0 Å². The minimum absolute atomic E-state index is 0.0640. The number of rotatable bonds is 5. The number of Topliss-reactive ketones (excluding diaryl/α,β-unsaturated/α-hetero) is 1. The zero-order chi connectivity index (χ0) is 19.6. The fraction of sp³-hybridized carbons (Fsp3) is 0.421. The van der Waals surface area contributed by atoms with E-state index >= 15 is 0 Å². The van der Waals surface area contributed by atoms with E-state index in [2.05, 4.69) is 5.16 Å². The molecule has 6 nitrogen and oxygen atoms in total. The maximum absolute atomic E-state index is 13.5. The lowest BCUT2D eigenvalue weighted by molar-refractivity contribution is -0.131. The Bertz CT molecular complexity index is 832. The molecule has 0 radical (unpaired) electrons. The molecule has 2 aromatic rings. The van der Waals surface area contributed by atoms with Gasteiger partial charge < -0.3 is 14.3 Å². The number of hydrogen-bond acceptors (Lipinski definition) is 5. The molecule has 0 N–H and O–H groups in total. The van der Waals surface area contributed by atoms with Crippen LogP contribution in [0.2, 0.25) is 0 Å². The van der Waals surface area contributed by atoms with Crippen LogP contribution in [0.1, 0.15) is 36.0 Å². The van der Waals surface area contributed by atoms with Gasteiger partial charge in [-0.1, -0.05) is 5.16 Å². The Kier molecular flexibility index (Phi) is 5.53. The third kappa shape index (κ3) is 4.50. The molecule has 0 aliphatic carbocycles. The van der Waals surface area contributed by atoms with Gasteiger partial charge in [0.2, 0.25) is 5.91 Å². The third-order valence-electron chi connectivity index (χ3n) is 4.64. The van der Waals surface area contributed by atoms with E-state index in [1.54, 1.807) is 17.9 Å². The van der Waals surface area contributed by atoms with E-state index in [4.69, 9.17) is 4.52 Å². The number of carbonyl (C=O) groups is 2. The van der Waals surface area contributed by atoms with Gasteiger partial charge in [-0.25, -0.2) is 8.78 Å². The number of benzene rings is 1. The van der Waals surface area contributed by atoms with Crippen molar-refractivity contribution in [3.63, 3.8) is 0 Å². The Morgan fingerprint density at radius 3 is 2.44 bits per heavy atom. The first kappa shape index (κ1) is 19.0. The molecule has 1 aliphatic rings. The fourth-order valence-electron chi connectivity index (χ4n) is 3.28. The molecule has 1 saturated heterocycles. The van der Waals surface area contributed by atoms with Crippen LogP contribution in [0.3, 0.4) is 0 Å². The van der Waals surface area contributed by atoms with Crippen molar-refractivity contribution in [3.8, 4) is 0 Å². The summed E-state index contributed by atoms with van der Waals surface area (Å²) in [6, 6.07) is 4.86. The normalized spacial score (nSPS) is 17.3. The van der Waals surface area contributed by atoms with E-state index < -0.39 is 11.6 Å². The van der Waals surface area contributed by atoms with Gasteiger partial charge in [0.1, 0.15) is 23.1 Å². The Labute approximate surface area is 155 Å². The van der Waals surface area contributed by atoms with Crippen LogP contribution in [-0.2, 0) is 4.79 Å². The van der Waals surface area contributed by atoms with Crippen molar-refractivity contribution < 1.29 is 22.9 Å². The van der Waals surface area contributed by atoms with Crippen LogP contribution in [0.4, 0.5) is 14.5 Å². The van der Waals surface area contributed by atoms with Crippen molar-refractivity contribution in [2.24, 2.45) is 0 Å². The molecular formula is C19H21F2N3O3. The van der Waals surface area contributed by atoms with Gasteiger partial charge in [-0.15, -0.1) is 0 Å². The zero-order valence-electron chi connectivity index (χ0n) is 15.2. The highest BCUT2D eigenvalue weighted by molar-refractivity contribution is 5.96. The second kappa shape index (κ2) is 7.85. The van der Waals surface area contributed by atoms with E-state index in [0.717, 1.165) is 6.07 Å². The first-order valence-electron chi connectivity index (χ1n) is 8.80. The fourth-order valence-corrected chi connectivity index (χ4v) is 3.28.